The molecular weight excluding hydrogens is 339 g/mol. The third-order valence-electron chi connectivity index (χ3n) is 4.56. The Morgan fingerprint density at radius 1 is 0.840 bits per heavy atom. The molecule has 1 saturated heterocycles. The van der Waals surface area contributed by atoms with E-state index >= 15 is 0 Å². The predicted octanol–water partition coefficient (Wildman–Crippen LogP) is 2.42. The number of benzene rings is 2. The summed E-state index contributed by atoms with van der Waals surface area (Å²) in [6.07, 6.45) is 0. The molecule has 6 heteroatoms. The lowest BCUT2D eigenvalue weighted by atomic mass is 10.2. The minimum absolute atomic E-state index is 0.148. The van der Waals surface area contributed by atoms with E-state index in [2.05, 4.69) is 9.80 Å². The van der Waals surface area contributed by atoms with E-state index in [1.54, 1.807) is 24.3 Å². The topological polar surface area (TPSA) is 40.6 Å². The van der Waals surface area contributed by atoms with Gasteiger partial charge in [-0.05, 0) is 29.8 Å². The smallest absolute Gasteiger partial charge is 0.179 e. The molecule has 25 heavy (non-hydrogen) atoms. The van der Waals surface area contributed by atoms with E-state index in [1.165, 1.54) is 12.1 Å². The molecule has 0 N–H and O–H groups in total. The first-order valence-electron chi connectivity index (χ1n) is 8.50. The Bertz CT molecular complexity index is 771. The number of hydrogen-bond donors (Lipinski definition) is 0. The van der Waals surface area contributed by atoms with E-state index in [1.807, 2.05) is 18.2 Å². The van der Waals surface area contributed by atoms with E-state index < -0.39 is 9.84 Å². The van der Waals surface area contributed by atoms with Crippen LogP contribution in [0.4, 0.5) is 4.39 Å². The fraction of sp³-hybridized carbons (Fsp3) is 0.368. The van der Waals surface area contributed by atoms with Crippen molar-refractivity contribution in [2.75, 3.05) is 38.5 Å². The van der Waals surface area contributed by atoms with Crippen molar-refractivity contribution < 1.29 is 12.8 Å². The van der Waals surface area contributed by atoms with Gasteiger partial charge in [-0.2, -0.15) is 0 Å². The Balaban J connectivity index is 1.46. The maximum absolute atomic E-state index is 13.0. The highest BCUT2D eigenvalue weighted by Gasteiger charge is 2.20. The highest BCUT2D eigenvalue weighted by atomic mass is 32.2. The van der Waals surface area contributed by atoms with E-state index in [9.17, 15) is 12.8 Å². The summed E-state index contributed by atoms with van der Waals surface area (Å²) < 4.78 is 37.6. The fourth-order valence-electron chi connectivity index (χ4n) is 3.01. The molecular formula is C19H23FN2O2S. The summed E-state index contributed by atoms with van der Waals surface area (Å²) in [5.41, 5.74) is 1.10. The van der Waals surface area contributed by atoms with E-state index in [0.29, 0.717) is 11.4 Å². The first-order chi connectivity index (χ1) is 12.0. The molecule has 3 rings (SSSR count). The first-order valence-corrected chi connectivity index (χ1v) is 10.2. The molecule has 2 aromatic rings. The predicted molar refractivity (Wildman–Crippen MR) is 96.6 cm³/mol. The summed E-state index contributed by atoms with van der Waals surface area (Å²) >= 11 is 0. The fourth-order valence-corrected chi connectivity index (χ4v) is 4.32. The molecule has 0 amide bonds. The molecule has 0 unspecified atom stereocenters. The van der Waals surface area contributed by atoms with Gasteiger partial charge in [0.25, 0.3) is 0 Å². The van der Waals surface area contributed by atoms with Crippen molar-refractivity contribution in [3.8, 4) is 0 Å². The van der Waals surface area contributed by atoms with Gasteiger partial charge in [0.15, 0.2) is 9.84 Å². The van der Waals surface area contributed by atoms with Crippen molar-refractivity contribution >= 4 is 9.84 Å². The Morgan fingerprint density at radius 2 is 1.44 bits per heavy atom. The van der Waals surface area contributed by atoms with Crippen molar-refractivity contribution in [1.29, 1.82) is 0 Å². The van der Waals surface area contributed by atoms with Crippen LogP contribution in [0.1, 0.15) is 5.56 Å². The van der Waals surface area contributed by atoms with E-state index in [0.717, 1.165) is 38.3 Å². The van der Waals surface area contributed by atoms with Crippen molar-refractivity contribution in [2.45, 2.75) is 11.4 Å². The van der Waals surface area contributed by atoms with Gasteiger partial charge >= 0.3 is 0 Å². The summed E-state index contributed by atoms with van der Waals surface area (Å²) in [7, 11) is -3.22. The van der Waals surface area contributed by atoms with Crippen LogP contribution < -0.4 is 0 Å². The molecule has 134 valence electrons. The third-order valence-corrected chi connectivity index (χ3v) is 6.27. The maximum atomic E-state index is 13.0. The SMILES string of the molecule is O=S(=O)(CCN1CCN(Cc2ccc(F)cc2)CC1)c1ccccc1. The van der Waals surface area contributed by atoms with Crippen LogP contribution in [0.15, 0.2) is 59.5 Å². The third kappa shape index (κ3) is 5.11. The molecule has 0 spiro atoms. The lowest BCUT2D eigenvalue weighted by molar-refractivity contribution is 0.132. The Kier molecular flexibility index (Phi) is 5.83. The minimum Gasteiger partial charge on any atom is -0.300 e. The molecule has 0 aromatic heterocycles. The van der Waals surface area contributed by atoms with Gasteiger partial charge in [-0.1, -0.05) is 30.3 Å². The van der Waals surface area contributed by atoms with Gasteiger partial charge in [0.1, 0.15) is 5.82 Å². The quantitative estimate of drug-likeness (QED) is 0.791. The van der Waals surface area contributed by atoms with Gasteiger partial charge in [0.05, 0.1) is 10.6 Å². The number of sulfone groups is 1. The van der Waals surface area contributed by atoms with Crippen LogP contribution in [0.2, 0.25) is 0 Å². The minimum atomic E-state index is -3.22. The van der Waals surface area contributed by atoms with Gasteiger partial charge in [0, 0.05) is 39.3 Å². The van der Waals surface area contributed by atoms with Crippen LogP contribution in [0.5, 0.6) is 0 Å². The lowest BCUT2D eigenvalue weighted by Crippen LogP contribution is -2.47. The van der Waals surface area contributed by atoms with Crippen LogP contribution in [0.3, 0.4) is 0 Å². The van der Waals surface area contributed by atoms with E-state index in [-0.39, 0.29) is 11.6 Å². The highest BCUT2D eigenvalue weighted by Crippen LogP contribution is 2.12. The van der Waals surface area contributed by atoms with Crippen molar-refractivity contribution in [1.82, 2.24) is 9.80 Å². The first kappa shape index (κ1) is 18.0. The van der Waals surface area contributed by atoms with E-state index in [4.69, 9.17) is 0 Å². The largest absolute Gasteiger partial charge is 0.300 e. The summed E-state index contributed by atoms with van der Waals surface area (Å²) in [5, 5.41) is 0. The summed E-state index contributed by atoms with van der Waals surface area (Å²) in [5.74, 6) is -0.0668. The zero-order valence-corrected chi connectivity index (χ0v) is 15.0. The molecule has 1 heterocycles. The molecule has 1 aliphatic rings. The second-order valence-corrected chi connectivity index (χ2v) is 8.49. The van der Waals surface area contributed by atoms with Crippen molar-refractivity contribution in [2.24, 2.45) is 0 Å². The van der Waals surface area contributed by atoms with Gasteiger partial charge in [-0.15, -0.1) is 0 Å². The Labute approximate surface area is 148 Å². The Hall–Kier alpha value is -1.76. The molecule has 4 nitrogen and oxygen atoms in total. The van der Waals surface area contributed by atoms with Crippen molar-refractivity contribution in [3.63, 3.8) is 0 Å². The zero-order chi connectivity index (χ0) is 17.7. The Morgan fingerprint density at radius 3 is 2.08 bits per heavy atom. The molecule has 0 saturated carbocycles. The van der Waals surface area contributed by atoms with Crippen molar-refractivity contribution in [3.05, 3.63) is 66.0 Å². The normalized spacial score (nSPS) is 16.8. The monoisotopic (exact) mass is 362 g/mol. The van der Waals surface area contributed by atoms with Gasteiger partial charge in [-0.3, -0.25) is 9.80 Å². The number of piperazine rings is 1. The molecule has 2 aromatic carbocycles. The number of nitrogens with zero attached hydrogens (tertiary/aromatic N) is 2. The summed E-state index contributed by atoms with van der Waals surface area (Å²) in [6, 6.07) is 15.2. The number of hydrogen-bond acceptors (Lipinski definition) is 4. The van der Waals surface area contributed by atoms with Crippen LogP contribution in [0, 0.1) is 5.82 Å². The number of rotatable bonds is 6. The van der Waals surface area contributed by atoms with Crippen LogP contribution >= 0.6 is 0 Å². The highest BCUT2D eigenvalue weighted by molar-refractivity contribution is 7.91. The zero-order valence-electron chi connectivity index (χ0n) is 14.1. The van der Waals surface area contributed by atoms with Gasteiger partial charge in [0.2, 0.25) is 0 Å². The van der Waals surface area contributed by atoms with Gasteiger partial charge in [-0.25, -0.2) is 12.8 Å². The van der Waals surface area contributed by atoms with Crippen LogP contribution in [-0.4, -0.2) is 56.7 Å². The number of halogens is 1. The maximum Gasteiger partial charge on any atom is 0.179 e. The summed E-state index contributed by atoms with van der Waals surface area (Å²) in [6.45, 7) is 4.85. The molecule has 0 radical (unpaired) electrons. The molecule has 0 aliphatic carbocycles. The second kappa shape index (κ2) is 8.08. The molecule has 0 bridgehead atoms. The van der Waals surface area contributed by atoms with Crippen LogP contribution in [0.25, 0.3) is 0 Å². The average molecular weight is 362 g/mol. The van der Waals surface area contributed by atoms with Gasteiger partial charge < -0.3 is 0 Å². The molecule has 1 fully saturated rings. The lowest BCUT2D eigenvalue weighted by Gasteiger charge is -2.34. The standard InChI is InChI=1S/C19H23FN2O2S/c20-18-8-6-17(7-9-18)16-22-12-10-21(11-13-22)14-15-25(23,24)19-4-2-1-3-5-19/h1-9H,10-16H2. The van der Waals surface area contributed by atoms with Crippen LogP contribution in [-0.2, 0) is 16.4 Å². The second-order valence-electron chi connectivity index (χ2n) is 6.38. The summed E-state index contributed by atoms with van der Waals surface area (Å²) in [4.78, 5) is 4.90. The molecule has 0 atom stereocenters. The molecule has 1 aliphatic heterocycles. The average Bonchev–Trinajstić information content (AvgIpc) is 2.64.